The highest BCUT2D eigenvalue weighted by atomic mass is 19.1. The van der Waals surface area contributed by atoms with E-state index in [0.29, 0.717) is 23.2 Å². The molecule has 9 heteroatoms. The Morgan fingerprint density at radius 1 is 1.12 bits per heavy atom. The first-order valence-corrected chi connectivity index (χ1v) is 11.6. The van der Waals surface area contributed by atoms with Crippen LogP contribution in [0.25, 0.3) is 10.9 Å². The molecule has 3 aromatic rings. The Kier molecular flexibility index (Phi) is 7.89. The molecular formula is C25H31FN6O2. The van der Waals surface area contributed by atoms with Gasteiger partial charge in [0.25, 0.3) is 5.91 Å². The zero-order valence-corrected chi connectivity index (χ0v) is 19.4. The standard InChI is InChI=1S/C25H31FN6O2/c1-2-31-11-13-32(14-12-31)10-3-15-34-20-7-5-19(6-8-20)29-24-21-16-18(26)4-9-23(21)28-17-22(24)25(33)30-27/h4-9,16-17H,2-3,10-15,27H2,1H3,(H,28,29)(H,30,33). The lowest BCUT2D eigenvalue weighted by atomic mass is 10.1. The van der Waals surface area contributed by atoms with Crippen LogP contribution in [0.2, 0.25) is 0 Å². The third kappa shape index (κ3) is 5.80. The zero-order chi connectivity index (χ0) is 23.9. The number of aromatic nitrogens is 1. The van der Waals surface area contributed by atoms with Crippen molar-refractivity contribution in [3.8, 4) is 5.75 Å². The Morgan fingerprint density at radius 2 is 1.85 bits per heavy atom. The van der Waals surface area contributed by atoms with Gasteiger partial charge in [-0.1, -0.05) is 6.92 Å². The number of carbonyl (C=O) groups excluding carboxylic acids is 1. The number of halogens is 1. The van der Waals surface area contributed by atoms with E-state index in [2.05, 4.69) is 32.5 Å². The molecule has 180 valence electrons. The maximum atomic E-state index is 13.9. The molecule has 0 unspecified atom stereocenters. The Morgan fingerprint density at radius 3 is 2.56 bits per heavy atom. The van der Waals surface area contributed by atoms with E-state index in [0.717, 1.165) is 57.1 Å². The van der Waals surface area contributed by atoms with Gasteiger partial charge < -0.3 is 19.9 Å². The molecule has 1 aliphatic heterocycles. The van der Waals surface area contributed by atoms with Gasteiger partial charge in [-0.3, -0.25) is 15.2 Å². The van der Waals surface area contributed by atoms with E-state index in [1.54, 1.807) is 6.07 Å². The van der Waals surface area contributed by atoms with Crippen LogP contribution in [0, 0.1) is 5.82 Å². The molecule has 0 spiro atoms. The topological polar surface area (TPSA) is 95.8 Å². The van der Waals surface area contributed by atoms with Gasteiger partial charge in [0.15, 0.2) is 0 Å². The lowest BCUT2D eigenvalue weighted by Gasteiger charge is -2.33. The SMILES string of the molecule is CCN1CCN(CCCOc2ccc(Nc3c(C(=O)NN)cnc4ccc(F)cc34)cc2)CC1. The number of nitrogens with zero attached hydrogens (tertiary/aromatic N) is 3. The van der Waals surface area contributed by atoms with E-state index in [9.17, 15) is 9.18 Å². The summed E-state index contributed by atoms with van der Waals surface area (Å²) in [5, 5.41) is 3.70. The highest BCUT2D eigenvalue weighted by Gasteiger charge is 2.16. The Balaban J connectivity index is 1.37. The molecule has 1 aliphatic rings. The van der Waals surface area contributed by atoms with Gasteiger partial charge in [-0.2, -0.15) is 0 Å². The molecule has 1 saturated heterocycles. The van der Waals surface area contributed by atoms with Crippen molar-refractivity contribution >= 4 is 28.2 Å². The number of rotatable bonds is 9. The minimum atomic E-state index is -0.516. The van der Waals surface area contributed by atoms with Gasteiger partial charge in [0.1, 0.15) is 11.6 Å². The predicted octanol–water partition coefficient (Wildman–Crippen LogP) is 3.13. The summed E-state index contributed by atoms with van der Waals surface area (Å²) in [7, 11) is 0. The molecule has 1 amide bonds. The van der Waals surface area contributed by atoms with Gasteiger partial charge in [0.2, 0.25) is 0 Å². The van der Waals surface area contributed by atoms with Crippen LogP contribution in [-0.2, 0) is 0 Å². The molecule has 34 heavy (non-hydrogen) atoms. The van der Waals surface area contributed by atoms with E-state index in [-0.39, 0.29) is 5.56 Å². The van der Waals surface area contributed by atoms with Crippen molar-refractivity contribution in [3.05, 3.63) is 60.0 Å². The minimum Gasteiger partial charge on any atom is -0.494 e. The summed E-state index contributed by atoms with van der Waals surface area (Å²) in [5.74, 6) is 5.16. The van der Waals surface area contributed by atoms with Gasteiger partial charge >= 0.3 is 0 Å². The molecule has 2 heterocycles. The number of likely N-dealkylation sites (N-methyl/N-ethyl adjacent to an activating group) is 1. The molecule has 4 rings (SSSR count). The molecule has 0 bridgehead atoms. The normalized spacial score (nSPS) is 14.8. The summed E-state index contributed by atoms with van der Waals surface area (Å²) in [6.07, 6.45) is 2.39. The number of nitrogens with two attached hydrogens (primary N) is 1. The summed E-state index contributed by atoms with van der Waals surface area (Å²) in [6, 6.07) is 11.7. The first-order valence-electron chi connectivity index (χ1n) is 11.6. The van der Waals surface area contributed by atoms with Crippen LogP contribution in [0.15, 0.2) is 48.7 Å². The van der Waals surface area contributed by atoms with Crippen molar-refractivity contribution in [3.63, 3.8) is 0 Å². The van der Waals surface area contributed by atoms with Crippen LogP contribution in [0.1, 0.15) is 23.7 Å². The summed E-state index contributed by atoms with van der Waals surface area (Å²) in [4.78, 5) is 21.5. The van der Waals surface area contributed by atoms with E-state index < -0.39 is 11.7 Å². The molecule has 0 radical (unpaired) electrons. The van der Waals surface area contributed by atoms with Crippen molar-refractivity contribution in [2.75, 3.05) is 51.2 Å². The number of hydrazine groups is 1. The fourth-order valence-electron chi connectivity index (χ4n) is 4.14. The second-order valence-electron chi connectivity index (χ2n) is 8.31. The summed E-state index contributed by atoms with van der Waals surface area (Å²) >= 11 is 0. The molecule has 8 nitrogen and oxygen atoms in total. The molecular weight excluding hydrogens is 435 g/mol. The second kappa shape index (κ2) is 11.2. The van der Waals surface area contributed by atoms with E-state index in [1.807, 2.05) is 24.3 Å². The third-order valence-corrected chi connectivity index (χ3v) is 6.13. The summed E-state index contributed by atoms with van der Waals surface area (Å²) in [5.41, 5.74) is 4.06. The fraction of sp³-hybridized carbons (Fsp3) is 0.360. The van der Waals surface area contributed by atoms with E-state index >= 15 is 0 Å². The number of hydrogen-bond acceptors (Lipinski definition) is 7. The molecule has 1 aromatic heterocycles. The zero-order valence-electron chi connectivity index (χ0n) is 19.4. The van der Waals surface area contributed by atoms with Crippen LogP contribution in [0.5, 0.6) is 5.75 Å². The van der Waals surface area contributed by atoms with Gasteiger partial charge in [-0.15, -0.1) is 0 Å². The average molecular weight is 467 g/mol. The maximum Gasteiger partial charge on any atom is 0.268 e. The van der Waals surface area contributed by atoms with Gasteiger partial charge in [0, 0.05) is 50.0 Å². The third-order valence-electron chi connectivity index (χ3n) is 6.13. The number of anilines is 2. The molecule has 1 fully saturated rings. The van der Waals surface area contributed by atoms with Crippen molar-refractivity contribution < 1.29 is 13.9 Å². The van der Waals surface area contributed by atoms with Crippen molar-refractivity contribution in [1.82, 2.24) is 20.2 Å². The molecule has 2 aromatic carbocycles. The molecule has 4 N–H and O–H groups in total. The average Bonchev–Trinajstić information content (AvgIpc) is 2.87. The number of pyridine rings is 1. The van der Waals surface area contributed by atoms with Crippen molar-refractivity contribution in [2.24, 2.45) is 5.84 Å². The second-order valence-corrected chi connectivity index (χ2v) is 8.31. The quantitative estimate of drug-likeness (QED) is 0.193. The number of ether oxygens (including phenoxy) is 1. The summed E-state index contributed by atoms with van der Waals surface area (Å²) < 4.78 is 19.8. The van der Waals surface area contributed by atoms with Gasteiger partial charge in [0.05, 0.1) is 23.4 Å². The van der Waals surface area contributed by atoms with Crippen molar-refractivity contribution in [2.45, 2.75) is 13.3 Å². The van der Waals surface area contributed by atoms with E-state index in [4.69, 9.17) is 10.6 Å². The van der Waals surface area contributed by atoms with Crippen molar-refractivity contribution in [1.29, 1.82) is 0 Å². The lowest BCUT2D eigenvalue weighted by Crippen LogP contribution is -2.46. The van der Waals surface area contributed by atoms with Crippen LogP contribution in [-0.4, -0.2) is 66.6 Å². The predicted molar refractivity (Wildman–Crippen MR) is 132 cm³/mol. The number of piperazine rings is 1. The van der Waals surface area contributed by atoms with Crippen LogP contribution in [0.4, 0.5) is 15.8 Å². The Labute approximate surface area is 198 Å². The first kappa shape index (κ1) is 23.9. The minimum absolute atomic E-state index is 0.223. The lowest BCUT2D eigenvalue weighted by molar-refractivity contribution is 0.0954. The number of fused-ring (bicyclic) bond motifs is 1. The number of benzene rings is 2. The highest BCUT2D eigenvalue weighted by molar-refractivity contribution is 6.07. The molecule has 0 saturated carbocycles. The van der Waals surface area contributed by atoms with Crippen LogP contribution in [0.3, 0.4) is 0 Å². The number of nitrogen functional groups attached to an aromatic ring is 1. The Hall–Kier alpha value is -3.27. The number of hydrogen-bond donors (Lipinski definition) is 3. The number of amides is 1. The summed E-state index contributed by atoms with van der Waals surface area (Å²) in [6.45, 7) is 9.53. The van der Waals surface area contributed by atoms with Crippen LogP contribution >= 0.6 is 0 Å². The highest BCUT2D eigenvalue weighted by Crippen LogP contribution is 2.30. The smallest absolute Gasteiger partial charge is 0.268 e. The monoisotopic (exact) mass is 466 g/mol. The Bertz CT molecular complexity index is 1120. The van der Waals surface area contributed by atoms with Gasteiger partial charge in [-0.25, -0.2) is 10.2 Å². The maximum absolute atomic E-state index is 13.9. The largest absolute Gasteiger partial charge is 0.494 e. The van der Waals surface area contributed by atoms with E-state index in [1.165, 1.54) is 18.3 Å². The molecule has 0 aliphatic carbocycles. The van der Waals surface area contributed by atoms with Crippen LogP contribution < -0.4 is 21.3 Å². The molecule has 0 atom stereocenters. The number of nitrogens with one attached hydrogen (secondary N) is 2. The number of carbonyl (C=O) groups is 1. The van der Waals surface area contributed by atoms with Gasteiger partial charge in [-0.05, 0) is 55.4 Å². The fourth-order valence-corrected chi connectivity index (χ4v) is 4.14. The first-order chi connectivity index (χ1) is 16.6.